The van der Waals surface area contributed by atoms with Gasteiger partial charge in [0.25, 0.3) is 0 Å². The van der Waals surface area contributed by atoms with Crippen LogP contribution < -0.4 is 10.6 Å². The number of nitrogens with zero attached hydrogens (tertiary/aromatic N) is 2. The minimum absolute atomic E-state index is 0.0361. The van der Waals surface area contributed by atoms with Gasteiger partial charge >= 0.3 is 0 Å². The molecule has 1 atom stereocenters. The fraction of sp³-hybridized carbons (Fsp3) is 0.214. The molecule has 0 radical (unpaired) electrons. The van der Waals surface area contributed by atoms with Gasteiger partial charge in [-0.2, -0.15) is 0 Å². The SMILES string of the molecule is O=C(Nc1cnc(-c2ccccc2)nc1)C1CSCN1. The maximum absolute atomic E-state index is 11.9. The predicted molar refractivity (Wildman–Crippen MR) is 80.3 cm³/mol. The summed E-state index contributed by atoms with van der Waals surface area (Å²) in [5, 5.41) is 5.95. The number of hydrogen-bond donors (Lipinski definition) is 2. The summed E-state index contributed by atoms with van der Waals surface area (Å²) < 4.78 is 0. The van der Waals surface area contributed by atoms with E-state index in [0.717, 1.165) is 17.2 Å². The lowest BCUT2D eigenvalue weighted by Crippen LogP contribution is -2.37. The van der Waals surface area contributed by atoms with E-state index in [0.29, 0.717) is 11.5 Å². The highest BCUT2D eigenvalue weighted by Crippen LogP contribution is 2.16. The van der Waals surface area contributed by atoms with Crippen LogP contribution in [-0.2, 0) is 4.79 Å². The predicted octanol–water partition coefficient (Wildman–Crippen LogP) is 1.74. The van der Waals surface area contributed by atoms with Crippen molar-refractivity contribution in [2.24, 2.45) is 0 Å². The van der Waals surface area contributed by atoms with E-state index in [-0.39, 0.29) is 11.9 Å². The maximum atomic E-state index is 11.9. The van der Waals surface area contributed by atoms with Crippen molar-refractivity contribution in [1.82, 2.24) is 15.3 Å². The average molecular weight is 286 g/mol. The van der Waals surface area contributed by atoms with Crippen LogP contribution in [-0.4, -0.2) is 33.5 Å². The summed E-state index contributed by atoms with van der Waals surface area (Å²) in [5.41, 5.74) is 1.58. The lowest BCUT2D eigenvalue weighted by atomic mass is 10.2. The van der Waals surface area contributed by atoms with Crippen LogP contribution in [0.15, 0.2) is 42.7 Å². The van der Waals surface area contributed by atoms with Gasteiger partial charge in [0.15, 0.2) is 5.82 Å². The number of anilines is 1. The lowest BCUT2D eigenvalue weighted by Gasteiger charge is -2.10. The quantitative estimate of drug-likeness (QED) is 0.899. The standard InChI is InChI=1S/C14H14N4OS/c19-14(12-8-20-9-17-12)18-11-6-15-13(16-7-11)10-4-2-1-3-5-10/h1-7,12,17H,8-9H2,(H,18,19). The van der Waals surface area contributed by atoms with E-state index in [4.69, 9.17) is 0 Å². The summed E-state index contributed by atoms with van der Waals surface area (Å²) >= 11 is 1.72. The number of aromatic nitrogens is 2. The number of nitrogens with one attached hydrogen (secondary N) is 2. The molecule has 0 saturated carbocycles. The second kappa shape index (κ2) is 6.02. The monoisotopic (exact) mass is 286 g/mol. The van der Waals surface area contributed by atoms with E-state index in [1.807, 2.05) is 30.3 Å². The number of benzene rings is 1. The Balaban J connectivity index is 1.68. The van der Waals surface area contributed by atoms with E-state index < -0.39 is 0 Å². The number of carbonyl (C=O) groups is 1. The number of hydrogen-bond acceptors (Lipinski definition) is 5. The van der Waals surface area contributed by atoms with E-state index in [2.05, 4.69) is 20.6 Å². The third-order valence-corrected chi connectivity index (χ3v) is 3.92. The Hall–Kier alpha value is -1.92. The molecule has 2 heterocycles. The molecule has 1 aromatic heterocycles. The Morgan fingerprint density at radius 1 is 1.25 bits per heavy atom. The zero-order valence-corrected chi connectivity index (χ0v) is 11.6. The van der Waals surface area contributed by atoms with Crippen LogP contribution >= 0.6 is 11.8 Å². The highest BCUT2D eigenvalue weighted by Gasteiger charge is 2.22. The number of rotatable bonds is 3. The second-order valence-corrected chi connectivity index (χ2v) is 5.45. The summed E-state index contributed by atoms with van der Waals surface area (Å²) in [7, 11) is 0. The summed E-state index contributed by atoms with van der Waals surface area (Å²) in [6.07, 6.45) is 3.27. The molecule has 1 aliphatic rings. The first-order valence-electron chi connectivity index (χ1n) is 6.32. The third kappa shape index (κ3) is 2.97. The van der Waals surface area contributed by atoms with Gasteiger partial charge in [-0.3, -0.25) is 10.1 Å². The summed E-state index contributed by atoms with van der Waals surface area (Å²) in [4.78, 5) is 20.5. The average Bonchev–Trinajstić information content (AvgIpc) is 3.03. The maximum Gasteiger partial charge on any atom is 0.242 e. The molecule has 1 fully saturated rings. The van der Waals surface area contributed by atoms with Crippen molar-refractivity contribution in [2.45, 2.75) is 6.04 Å². The molecule has 102 valence electrons. The van der Waals surface area contributed by atoms with Gasteiger partial charge in [-0.1, -0.05) is 30.3 Å². The number of carbonyl (C=O) groups excluding carboxylic acids is 1. The molecule has 1 saturated heterocycles. The van der Waals surface area contributed by atoms with Crippen LogP contribution in [0.5, 0.6) is 0 Å². The third-order valence-electron chi connectivity index (χ3n) is 2.98. The van der Waals surface area contributed by atoms with Gasteiger partial charge in [-0.25, -0.2) is 9.97 Å². The fourth-order valence-electron chi connectivity index (χ4n) is 1.92. The first kappa shape index (κ1) is 13.1. The molecule has 0 spiro atoms. The lowest BCUT2D eigenvalue weighted by molar-refractivity contribution is -0.117. The van der Waals surface area contributed by atoms with Crippen molar-refractivity contribution in [3.8, 4) is 11.4 Å². The Morgan fingerprint density at radius 3 is 2.65 bits per heavy atom. The summed E-state index contributed by atoms with van der Waals surface area (Å²) in [6, 6.07) is 9.61. The van der Waals surface area contributed by atoms with E-state index in [1.165, 1.54) is 0 Å². The highest BCUT2D eigenvalue weighted by molar-refractivity contribution is 7.99. The fourth-order valence-corrected chi connectivity index (χ4v) is 2.86. The largest absolute Gasteiger partial charge is 0.322 e. The molecule has 1 unspecified atom stereocenters. The first-order chi connectivity index (χ1) is 9.83. The van der Waals surface area contributed by atoms with Gasteiger partial charge in [0.05, 0.1) is 24.1 Å². The van der Waals surface area contributed by atoms with Crippen molar-refractivity contribution < 1.29 is 4.79 Å². The molecule has 20 heavy (non-hydrogen) atoms. The Kier molecular flexibility index (Phi) is 3.94. The van der Waals surface area contributed by atoms with Crippen molar-refractivity contribution in [2.75, 3.05) is 16.9 Å². The summed E-state index contributed by atoms with van der Waals surface area (Å²) in [5.74, 6) is 2.24. The minimum Gasteiger partial charge on any atom is -0.322 e. The van der Waals surface area contributed by atoms with Gasteiger partial charge in [0.1, 0.15) is 0 Å². The van der Waals surface area contributed by atoms with Crippen molar-refractivity contribution in [1.29, 1.82) is 0 Å². The Bertz CT molecular complexity index is 582. The van der Waals surface area contributed by atoms with Gasteiger partial charge < -0.3 is 5.32 Å². The topological polar surface area (TPSA) is 66.9 Å². The van der Waals surface area contributed by atoms with E-state index >= 15 is 0 Å². The Labute approximate surface area is 121 Å². The van der Waals surface area contributed by atoms with E-state index in [1.54, 1.807) is 24.2 Å². The molecule has 0 aliphatic carbocycles. The van der Waals surface area contributed by atoms with Crippen molar-refractivity contribution >= 4 is 23.4 Å². The van der Waals surface area contributed by atoms with Crippen molar-refractivity contribution in [3.63, 3.8) is 0 Å². The minimum atomic E-state index is -0.131. The number of thioether (sulfide) groups is 1. The van der Waals surface area contributed by atoms with Crippen LogP contribution in [0.3, 0.4) is 0 Å². The van der Waals surface area contributed by atoms with Crippen LogP contribution in [0, 0.1) is 0 Å². The van der Waals surface area contributed by atoms with Gasteiger partial charge in [-0.15, -0.1) is 11.8 Å². The molecule has 1 aliphatic heterocycles. The van der Waals surface area contributed by atoms with Crippen LogP contribution in [0.2, 0.25) is 0 Å². The van der Waals surface area contributed by atoms with Crippen LogP contribution in [0.1, 0.15) is 0 Å². The first-order valence-corrected chi connectivity index (χ1v) is 7.48. The molecular weight excluding hydrogens is 272 g/mol. The molecule has 2 N–H and O–H groups in total. The molecule has 0 bridgehead atoms. The van der Waals surface area contributed by atoms with Gasteiger partial charge in [0, 0.05) is 17.2 Å². The van der Waals surface area contributed by atoms with Crippen molar-refractivity contribution in [3.05, 3.63) is 42.7 Å². The molecular formula is C14H14N4OS. The second-order valence-electron chi connectivity index (χ2n) is 4.42. The molecule has 5 nitrogen and oxygen atoms in total. The molecule has 1 aromatic carbocycles. The highest BCUT2D eigenvalue weighted by atomic mass is 32.2. The van der Waals surface area contributed by atoms with Gasteiger partial charge in [-0.05, 0) is 0 Å². The van der Waals surface area contributed by atoms with E-state index in [9.17, 15) is 4.79 Å². The summed E-state index contributed by atoms with van der Waals surface area (Å²) in [6.45, 7) is 0. The zero-order chi connectivity index (χ0) is 13.8. The van der Waals surface area contributed by atoms with Crippen LogP contribution in [0.4, 0.5) is 5.69 Å². The zero-order valence-electron chi connectivity index (χ0n) is 10.7. The molecule has 2 aromatic rings. The van der Waals surface area contributed by atoms with Crippen LogP contribution in [0.25, 0.3) is 11.4 Å². The molecule has 6 heteroatoms. The Morgan fingerprint density at radius 2 is 2.00 bits per heavy atom. The number of amides is 1. The molecule has 1 amide bonds. The van der Waals surface area contributed by atoms with Gasteiger partial charge in [0.2, 0.25) is 5.91 Å². The smallest absolute Gasteiger partial charge is 0.242 e. The molecule has 3 rings (SSSR count). The normalized spacial score (nSPS) is 17.9.